The molecule has 2 rings (SSSR count). The van der Waals surface area contributed by atoms with E-state index in [0.29, 0.717) is 0 Å². The molecule has 108 valence electrons. The van der Waals surface area contributed by atoms with Gasteiger partial charge in [0.25, 0.3) is 0 Å². The molecule has 2 nitrogen and oxygen atoms in total. The summed E-state index contributed by atoms with van der Waals surface area (Å²) in [5.74, 6) is 0. The number of nitrogens with one attached hydrogen (secondary N) is 1. The van der Waals surface area contributed by atoms with Crippen LogP contribution in [0.25, 0.3) is 0 Å². The highest BCUT2D eigenvalue weighted by atomic mass is 79.9. The van der Waals surface area contributed by atoms with Crippen LogP contribution in [0.2, 0.25) is 0 Å². The summed E-state index contributed by atoms with van der Waals surface area (Å²) in [6, 6.07) is 11.0. The first-order valence-corrected chi connectivity index (χ1v) is 7.79. The molecule has 0 saturated heterocycles. The van der Waals surface area contributed by atoms with Gasteiger partial charge in [0.05, 0.1) is 12.3 Å². The van der Waals surface area contributed by atoms with E-state index in [-0.39, 0.29) is 11.5 Å². The minimum absolute atomic E-state index is 0.141. The predicted molar refractivity (Wildman–Crippen MR) is 87.1 cm³/mol. The Morgan fingerprint density at radius 3 is 2.30 bits per heavy atom. The molecule has 0 aliphatic heterocycles. The topological polar surface area (TPSA) is 25.2 Å². The Labute approximate surface area is 129 Å². The van der Waals surface area contributed by atoms with Crippen LogP contribution in [-0.2, 0) is 5.41 Å². The third-order valence-corrected chi connectivity index (χ3v) is 4.80. The van der Waals surface area contributed by atoms with Gasteiger partial charge in [0.15, 0.2) is 4.67 Å². The molecule has 1 aromatic heterocycles. The Morgan fingerprint density at radius 2 is 1.85 bits per heavy atom. The molecule has 0 spiro atoms. The van der Waals surface area contributed by atoms with Crippen molar-refractivity contribution in [3.8, 4) is 0 Å². The van der Waals surface area contributed by atoms with Gasteiger partial charge in [-0.1, -0.05) is 45.0 Å². The summed E-state index contributed by atoms with van der Waals surface area (Å²) >= 11 is 3.46. The summed E-state index contributed by atoms with van der Waals surface area (Å²) < 4.78 is 6.13. The fourth-order valence-corrected chi connectivity index (χ4v) is 2.81. The molecule has 0 radical (unpaired) electrons. The Balaban J connectivity index is 2.31. The zero-order valence-electron chi connectivity index (χ0n) is 12.5. The van der Waals surface area contributed by atoms with Crippen molar-refractivity contribution in [2.75, 3.05) is 7.05 Å². The van der Waals surface area contributed by atoms with E-state index in [0.717, 1.165) is 16.7 Å². The van der Waals surface area contributed by atoms with Crippen LogP contribution >= 0.6 is 15.9 Å². The van der Waals surface area contributed by atoms with Crippen LogP contribution in [0.1, 0.15) is 49.9 Å². The first-order chi connectivity index (χ1) is 9.49. The van der Waals surface area contributed by atoms with Gasteiger partial charge in [-0.25, -0.2) is 0 Å². The molecule has 0 amide bonds. The molecule has 1 unspecified atom stereocenters. The summed E-state index contributed by atoms with van der Waals surface area (Å²) in [6.45, 7) is 6.79. The molecular formula is C17H22BrNO. The van der Waals surface area contributed by atoms with Crippen molar-refractivity contribution in [2.45, 2.75) is 38.6 Å². The molecular weight excluding hydrogens is 314 g/mol. The van der Waals surface area contributed by atoms with Gasteiger partial charge in [0.1, 0.15) is 0 Å². The highest BCUT2D eigenvalue weighted by Gasteiger charge is 2.20. The number of rotatable bonds is 5. The Morgan fingerprint density at radius 1 is 1.20 bits per heavy atom. The number of furan rings is 1. The molecule has 1 atom stereocenters. The van der Waals surface area contributed by atoms with Gasteiger partial charge in [-0.3, -0.25) is 0 Å². The molecule has 1 heterocycles. The minimum Gasteiger partial charge on any atom is -0.457 e. The van der Waals surface area contributed by atoms with Crippen LogP contribution in [0.3, 0.4) is 0 Å². The lowest BCUT2D eigenvalue weighted by Gasteiger charge is -2.24. The highest BCUT2D eigenvalue weighted by molar-refractivity contribution is 9.10. The molecule has 1 aromatic carbocycles. The Kier molecular flexibility index (Phi) is 4.71. The molecule has 0 fully saturated rings. The number of hydrogen-bond acceptors (Lipinski definition) is 2. The molecule has 0 saturated carbocycles. The van der Waals surface area contributed by atoms with Gasteiger partial charge < -0.3 is 9.73 Å². The number of halogens is 1. The maximum absolute atomic E-state index is 5.34. The standard InChI is InChI=1S/C17H22BrNO/c1-5-17(2,3)13-8-6-12(7-9-13)15(19-4)14-10-11-20-16(14)18/h6-11,15,19H,5H2,1-4H3. The van der Waals surface area contributed by atoms with E-state index in [1.165, 1.54) is 11.1 Å². The van der Waals surface area contributed by atoms with Crippen LogP contribution in [0.15, 0.2) is 45.7 Å². The van der Waals surface area contributed by atoms with E-state index in [1.807, 2.05) is 13.1 Å². The van der Waals surface area contributed by atoms with Gasteiger partial charge in [-0.15, -0.1) is 0 Å². The van der Waals surface area contributed by atoms with Crippen molar-refractivity contribution < 1.29 is 4.42 Å². The largest absolute Gasteiger partial charge is 0.457 e. The molecule has 1 N–H and O–H groups in total. The van der Waals surface area contributed by atoms with Gasteiger partial charge in [-0.2, -0.15) is 0 Å². The third kappa shape index (κ3) is 2.99. The molecule has 20 heavy (non-hydrogen) atoms. The van der Waals surface area contributed by atoms with Crippen LogP contribution in [0, 0.1) is 0 Å². The fraction of sp³-hybridized carbons (Fsp3) is 0.412. The second-order valence-electron chi connectivity index (χ2n) is 5.73. The summed E-state index contributed by atoms with van der Waals surface area (Å²) in [5.41, 5.74) is 3.97. The molecule has 0 bridgehead atoms. The summed E-state index contributed by atoms with van der Waals surface area (Å²) in [4.78, 5) is 0. The lowest BCUT2D eigenvalue weighted by molar-refractivity contribution is 0.505. The van der Waals surface area contributed by atoms with Gasteiger partial charge >= 0.3 is 0 Å². The summed E-state index contributed by atoms with van der Waals surface area (Å²) in [6.07, 6.45) is 2.84. The zero-order valence-corrected chi connectivity index (χ0v) is 14.1. The fourth-order valence-electron chi connectivity index (χ4n) is 2.34. The van der Waals surface area contributed by atoms with Gasteiger partial charge in [0, 0.05) is 5.56 Å². The van der Waals surface area contributed by atoms with Crippen molar-refractivity contribution in [1.29, 1.82) is 0 Å². The first kappa shape index (κ1) is 15.3. The average Bonchev–Trinajstić information content (AvgIpc) is 2.87. The van der Waals surface area contributed by atoms with Crippen molar-refractivity contribution >= 4 is 15.9 Å². The zero-order chi connectivity index (χ0) is 14.8. The van der Waals surface area contributed by atoms with E-state index in [4.69, 9.17) is 4.42 Å². The normalized spacial score (nSPS) is 13.4. The van der Waals surface area contributed by atoms with E-state index in [2.05, 4.69) is 66.3 Å². The van der Waals surface area contributed by atoms with E-state index < -0.39 is 0 Å². The maximum Gasteiger partial charge on any atom is 0.174 e. The highest BCUT2D eigenvalue weighted by Crippen LogP contribution is 2.32. The monoisotopic (exact) mass is 335 g/mol. The quantitative estimate of drug-likeness (QED) is 0.828. The molecule has 2 aromatic rings. The van der Waals surface area contributed by atoms with Crippen molar-refractivity contribution in [3.05, 3.63) is 58.0 Å². The van der Waals surface area contributed by atoms with Gasteiger partial charge in [-0.05, 0) is 52.0 Å². The lowest BCUT2D eigenvalue weighted by Crippen LogP contribution is -2.19. The molecule has 0 aliphatic rings. The van der Waals surface area contributed by atoms with Crippen molar-refractivity contribution in [1.82, 2.24) is 5.32 Å². The van der Waals surface area contributed by atoms with Crippen molar-refractivity contribution in [3.63, 3.8) is 0 Å². The van der Waals surface area contributed by atoms with E-state index >= 15 is 0 Å². The summed E-state index contributed by atoms with van der Waals surface area (Å²) in [7, 11) is 1.97. The molecule has 3 heteroatoms. The summed E-state index contributed by atoms with van der Waals surface area (Å²) in [5, 5.41) is 3.34. The van der Waals surface area contributed by atoms with Crippen molar-refractivity contribution in [2.24, 2.45) is 0 Å². The second kappa shape index (κ2) is 6.15. The number of hydrogen-bond donors (Lipinski definition) is 1. The Bertz CT molecular complexity index is 557. The smallest absolute Gasteiger partial charge is 0.174 e. The van der Waals surface area contributed by atoms with Crippen LogP contribution in [0.4, 0.5) is 0 Å². The minimum atomic E-state index is 0.141. The van der Waals surface area contributed by atoms with E-state index in [1.54, 1.807) is 6.26 Å². The first-order valence-electron chi connectivity index (χ1n) is 7.00. The van der Waals surface area contributed by atoms with Gasteiger partial charge in [0.2, 0.25) is 0 Å². The molecule has 0 aliphatic carbocycles. The number of benzene rings is 1. The van der Waals surface area contributed by atoms with Crippen LogP contribution in [-0.4, -0.2) is 7.05 Å². The maximum atomic E-state index is 5.34. The predicted octanol–water partition coefficient (Wildman–Crippen LogP) is 5.04. The SMILES string of the molecule is CCC(C)(C)c1ccc(C(NC)c2ccoc2Br)cc1. The average molecular weight is 336 g/mol. The third-order valence-electron chi connectivity index (χ3n) is 4.16. The van der Waals surface area contributed by atoms with Crippen LogP contribution < -0.4 is 5.32 Å². The lowest BCUT2D eigenvalue weighted by atomic mass is 9.81. The Hall–Kier alpha value is -1.06. The second-order valence-corrected chi connectivity index (χ2v) is 6.45. The van der Waals surface area contributed by atoms with Crippen LogP contribution in [0.5, 0.6) is 0 Å². The van der Waals surface area contributed by atoms with E-state index in [9.17, 15) is 0 Å².